The summed E-state index contributed by atoms with van der Waals surface area (Å²) in [4.78, 5) is 12.8. The molecule has 0 spiro atoms. The van der Waals surface area contributed by atoms with Crippen LogP contribution in [0.3, 0.4) is 0 Å². The molecule has 2 rings (SSSR count). The molecule has 1 aromatic carbocycles. The van der Waals surface area contributed by atoms with Gasteiger partial charge in [-0.3, -0.25) is 4.79 Å². The van der Waals surface area contributed by atoms with Crippen LogP contribution in [0.2, 0.25) is 0 Å². The Labute approximate surface area is 127 Å². The summed E-state index contributed by atoms with van der Waals surface area (Å²) in [5, 5.41) is 6.50. The quantitative estimate of drug-likeness (QED) is 0.876. The Hall–Kier alpha value is -1.55. The van der Waals surface area contributed by atoms with E-state index in [4.69, 9.17) is 4.74 Å². The molecule has 0 aliphatic carbocycles. The van der Waals surface area contributed by atoms with Gasteiger partial charge in [-0.15, -0.1) is 0 Å². The highest BCUT2D eigenvalue weighted by Crippen LogP contribution is 2.35. The van der Waals surface area contributed by atoms with E-state index in [-0.39, 0.29) is 17.4 Å². The van der Waals surface area contributed by atoms with Crippen molar-refractivity contribution in [1.82, 2.24) is 10.6 Å². The molecule has 116 valence electrons. The molecule has 4 heteroatoms. The second kappa shape index (κ2) is 6.48. The maximum atomic E-state index is 12.8. The van der Waals surface area contributed by atoms with Crippen LogP contribution in [-0.4, -0.2) is 26.1 Å². The van der Waals surface area contributed by atoms with Crippen molar-refractivity contribution in [3.8, 4) is 5.75 Å². The zero-order chi connectivity index (χ0) is 15.5. The minimum atomic E-state index is -0.285. The van der Waals surface area contributed by atoms with Gasteiger partial charge in [-0.1, -0.05) is 26.0 Å². The second-order valence-electron chi connectivity index (χ2n) is 6.21. The summed E-state index contributed by atoms with van der Waals surface area (Å²) in [5.74, 6) is 1.29. The molecule has 0 bridgehead atoms. The third-order valence-corrected chi connectivity index (χ3v) is 4.69. The summed E-state index contributed by atoms with van der Waals surface area (Å²) in [6, 6.07) is 7.83. The molecule has 0 radical (unpaired) electrons. The van der Waals surface area contributed by atoms with Gasteiger partial charge in [0.25, 0.3) is 0 Å². The smallest absolute Gasteiger partial charge is 0.228 e. The van der Waals surface area contributed by atoms with Gasteiger partial charge < -0.3 is 15.4 Å². The topological polar surface area (TPSA) is 50.4 Å². The third kappa shape index (κ3) is 3.21. The summed E-state index contributed by atoms with van der Waals surface area (Å²) >= 11 is 0. The van der Waals surface area contributed by atoms with Gasteiger partial charge in [0.15, 0.2) is 0 Å². The number of benzene rings is 1. The van der Waals surface area contributed by atoms with E-state index in [1.54, 1.807) is 7.11 Å². The first-order valence-electron chi connectivity index (χ1n) is 7.65. The first-order chi connectivity index (χ1) is 9.99. The Bertz CT molecular complexity index is 493. The number of methoxy groups -OCH3 is 1. The molecule has 1 aliphatic heterocycles. The zero-order valence-corrected chi connectivity index (χ0v) is 13.4. The fraction of sp³-hybridized carbons (Fsp3) is 0.588. The minimum Gasteiger partial charge on any atom is -0.497 e. The molecule has 1 unspecified atom stereocenters. The molecule has 0 aromatic heterocycles. The van der Waals surface area contributed by atoms with Gasteiger partial charge in [0.1, 0.15) is 5.75 Å². The van der Waals surface area contributed by atoms with Gasteiger partial charge in [0.05, 0.1) is 18.6 Å². The summed E-state index contributed by atoms with van der Waals surface area (Å²) < 4.78 is 5.25. The molecule has 1 amide bonds. The molecule has 1 aromatic rings. The Morgan fingerprint density at radius 1 is 1.38 bits per heavy atom. The molecule has 1 fully saturated rings. The number of rotatable bonds is 5. The molecular weight excluding hydrogens is 264 g/mol. The molecule has 4 nitrogen and oxygen atoms in total. The average Bonchev–Trinajstić information content (AvgIpc) is 2.98. The number of hydrogen-bond acceptors (Lipinski definition) is 3. The molecule has 1 heterocycles. The standard InChI is InChI=1S/C17H26N2O2/c1-12(2)17(8-9-18-11-17)16(20)19-13(3)14-6-5-7-15(10-14)21-4/h5-7,10,12-13,18H,8-9,11H2,1-4H3,(H,19,20)/t13-,17?/m0/s1. The highest BCUT2D eigenvalue weighted by atomic mass is 16.5. The van der Waals surface area contributed by atoms with Gasteiger partial charge >= 0.3 is 0 Å². The van der Waals surface area contributed by atoms with Crippen molar-refractivity contribution < 1.29 is 9.53 Å². The number of amides is 1. The van der Waals surface area contributed by atoms with Crippen molar-refractivity contribution in [3.05, 3.63) is 29.8 Å². The van der Waals surface area contributed by atoms with Crippen molar-refractivity contribution in [1.29, 1.82) is 0 Å². The molecule has 1 saturated heterocycles. The Morgan fingerprint density at radius 3 is 2.71 bits per heavy atom. The van der Waals surface area contributed by atoms with Crippen LogP contribution in [0.25, 0.3) is 0 Å². The van der Waals surface area contributed by atoms with E-state index in [0.717, 1.165) is 30.8 Å². The van der Waals surface area contributed by atoms with E-state index in [1.807, 2.05) is 31.2 Å². The van der Waals surface area contributed by atoms with Gasteiger partial charge in [-0.05, 0) is 43.5 Å². The van der Waals surface area contributed by atoms with E-state index < -0.39 is 0 Å². The van der Waals surface area contributed by atoms with Gasteiger partial charge in [-0.2, -0.15) is 0 Å². The molecule has 1 aliphatic rings. The monoisotopic (exact) mass is 290 g/mol. The summed E-state index contributed by atoms with van der Waals surface area (Å²) in [7, 11) is 1.65. The first kappa shape index (κ1) is 15.8. The SMILES string of the molecule is COc1cccc([C@H](C)NC(=O)C2(C(C)C)CCNC2)c1. The van der Waals surface area contributed by atoms with Crippen LogP contribution in [-0.2, 0) is 4.79 Å². The number of hydrogen-bond donors (Lipinski definition) is 2. The predicted octanol–water partition coefficient (Wildman–Crippen LogP) is 2.51. The van der Waals surface area contributed by atoms with Crippen molar-refractivity contribution in [3.63, 3.8) is 0 Å². The minimum absolute atomic E-state index is 0.0242. The fourth-order valence-corrected chi connectivity index (χ4v) is 2.99. The molecular formula is C17H26N2O2. The van der Waals surface area contributed by atoms with Crippen LogP contribution < -0.4 is 15.4 Å². The third-order valence-electron chi connectivity index (χ3n) is 4.69. The van der Waals surface area contributed by atoms with Gasteiger partial charge in [-0.25, -0.2) is 0 Å². The number of nitrogens with one attached hydrogen (secondary N) is 2. The highest BCUT2D eigenvalue weighted by Gasteiger charge is 2.44. The average molecular weight is 290 g/mol. The van der Waals surface area contributed by atoms with E-state index in [0.29, 0.717) is 5.92 Å². The summed E-state index contributed by atoms with van der Waals surface area (Å²) in [6.45, 7) is 7.95. The van der Waals surface area contributed by atoms with Crippen molar-refractivity contribution >= 4 is 5.91 Å². The second-order valence-corrected chi connectivity index (χ2v) is 6.21. The van der Waals surface area contributed by atoms with E-state index >= 15 is 0 Å². The lowest BCUT2D eigenvalue weighted by atomic mass is 9.75. The maximum Gasteiger partial charge on any atom is 0.228 e. The number of carbonyl (C=O) groups excluding carboxylic acids is 1. The van der Waals surface area contributed by atoms with Crippen LogP contribution in [0.15, 0.2) is 24.3 Å². The normalized spacial score (nSPS) is 23.1. The van der Waals surface area contributed by atoms with Crippen molar-refractivity contribution in [2.24, 2.45) is 11.3 Å². The largest absolute Gasteiger partial charge is 0.497 e. The molecule has 2 atom stereocenters. The Kier molecular flexibility index (Phi) is 4.88. The van der Waals surface area contributed by atoms with Crippen LogP contribution in [0.4, 0.5) is 0 Å². The lowest BCUT2D eigenvalue weighted by Gasteiger charge is -2.32. The van der Waals surface area contributed by atoms with E-state index in [9.17, 15) is 4.79 Å². The van der Waals surface area contributed by atoms with Crippen LogP contribution in [0.5, 0.6) is 5.75 Å². The van der Waals surface area contributed by atoms with Crippen molar-refractivity contribution in [2.45, 2.75) is 33.2 Å². The van der Waals surface area contributed by atoms with E-state index in [1.165, 1.54) is 0 Å². The molecule has 0 saturated carbocycles. The fourth-order valence-electron chi connectivity index (χ4n) is 2.99. The first-order valence-corrected chi connectivity index (χ1v) is 7.65. The van der Waals surface area contributed by atoms with Crippen molar-refractivity contribution in [2.75, 3.05) is 20.2 Å². The van der Waals surface area contributed by atoms with Crippen LogP contribution >= 0.6 is 0 Å². The van der Waals surface area contributed by atoms with Gasteiger partial charge in [0.2, 0.25) is 5.91 Å². The summed E-state index contributed by atoms with van der Waals surface area (Å²) in [6.07, 6.45) is 0.904. The lowest BCUT2D eigenvalue weighted by Crippen LogP contribution is -2.46. The highest BCUT2D eigenvalue weighted by molar-refractivity contribution is 5.84. The number of carbonyl (C=O) groups is 1. The predicted molar refractivity (Wildman–Crippen MR) is 84.3 cm³/mol. The van der Waals surface area contributed by atoms with Gasteiger partial charge in [0, 0.05) is 6.54 Å². The van der Waals surface area contributed by atoms with E-state index in [2.05, 4.69) is 24.5 Å². The Balaban J connectivity index is 2.10. The number of ether oxygens (including phenoxy) is 1. The lowest BCUT2D eigenvalue weighted by molar-refractivity contribution is -0.133. The van der Waals surface area contributed by atoms with Crippen LogP contribution in [0.1, 0.15) is 38.8 Å². The molecule has 2 N–H and O–H groups in total. The summed E-state index contributed by atoms with van der Waals surface area (Å²) in [5.41, 5.74) is 0.778. The maximum absolute atomic E-state index is 12.8. The molecule has 21 heavy (non-hydrogen) atoms. The van der Waals surface area contributed by atoms with Crippen LogP contribution in [0, 0.1) is 11.3 Å². The Morgan fingerprint density at radius 2 is 2.14 bits per heavy atom. The zero-order valence-electron chi connectivity index (χ0n) is 13.4.